The van der Waals surface area contributed by atoms with Gasteiger partial charge in [-0.1, -0.05) is 23.5 Å². The summed E-state index contributed by atoms with van der Waals surface area (Å²) in [6, 6.07) is 0. The van der Waals surface area contributed by atoms with Crippen LogP contribution in [0.25, 0.3) is 0 Å². The van der Waals surface area contributed by atoms with Crippen LogP contribution in [0, 0.1) is 0 Å². The summed E-state index contributed by atoms with van der Waals surface area (Å²) in [4.78, 5) is 45.1. The van der Waals surface area contributed by atoms with E-state index in [1.807, 2.05) is 0 Å². The molecule has 1 saturated carbocycles. The summed E-state index contributed by atoms with van der Waals surface area (Å²) in [6.07, 6.45) is -0.586. The average molecular weight is 240 g/mol. The molecule has 0 atom stereocenters. The van der Waals surface area contributed by atoms with Crippen molar-refractivity contribution < 1.29 is 19.2 Å². The maximum Gasteiger partial charge on any atom is 0.234 e. The monoisotopic (exact) mass is 240 g/mol. The summed E-state index contributed by atoms with van der Waals surface area (Å²) in [5.41, 5.74) is -0.253. The van der Waals surface area contributed by atoms with Crippen LogP contribution in [0.1, 0.15) is 6.42 Å². The molecule has 0 unspecified atom stereocenters. The summed E-state index contributed by atoms with van der Waals surface area (Å²) in [5.74, 6) is -3.26. The first-order chi connectivity index (χ1) is 7.11. The van der Waals surface area contributed by atoms with Crippen LogP contribution in [0.3, 0.4) is 0 Å². The van der Waals surface area contributed by atoms with E-state index in [1.54, 1.807) is 10.8 Å². The third-order valence-corrected chi connectivity index (χ3v) is 4.02. The standard InChI is InChI=1S/C9H4O4S2/c10-4-3-5(11)8(13)6(7(4)12)9-14-1-2-15-9/h1-2H,3H2. The number of carbonyl (C=O) groups excluding carboxylic acids is 4. The fraction of sp³-hybridized carbons (Fsp3) is 0.111. The minimum absolute atomic E-state index is 0.253. The first-order valence-electron chi connectivity index (χ1n) is 3.99. The Bertz CT molecular complexity index is 421. The van der Waals surface area contributed by atoms with Crippen molar-refractivity contribution in [3.63, 3.8) is 0 Å². The molecule has 0 bridgehead atoms. The van der Waals surface area contributed by atoms with Gasteiger partial charge >= 0.3 is 0 Å². The number of thioether (sulfide) groups is 2. The van der Waals surface area contributed by atoms with E-state index in [9.17, 15) is 19.2 Å². The molecule has 0 aromatic heterocycles. The summed E-state index contributed by atoms with van der Waals surface area (Å²) >= 11 is 2.35. The van der Waals surface area contributed by atoms with Crippen molar-refractivity contribution in [3.8, 4) is 0 Å². The van der Waals surface area contributed by atoms with Gasteiger partial charge in [-0.3, -0.25) is 19.2 Å². The van der Waals surface area contributed by atoms with Crippen LogP contribution >= 0.6 is 23.5 Å². The quantitative estimate of drug-likeness (QED) is 0.270. The molecule has 0 N–H and O–H groups in total. The molecule has 1 aliphatic heterocycles. The van der Waals surface area contributed by atoms with Crippen LogP contribution in [-0.4, -0.2) is 23.1 Å². The van der Waals surface area contributed by atoms with Crippen molar-refractivity contribution in [2.45, 2.75) is 6.42 Å². The first-order valence-corrected chi connectivity index (χ1v) is 5.75. The highest BCUT2D eigenvalue weighted by molar-refractivity contribution is 8.27. The van der Waals surface area contributed by atoms with Gasteiger partial charge < -0.3 is 0 Å². The van der Waals surface area contributed by atoms with Crippen LogP contribution < -0.4 is 0 Å². The Labute approximate surface area is 93.2 Å². The summed E-state index contributed by atoms with van der Waals surface area (Å²) in [7, 11) is 0. The van der Waals surface area contributed by atoms with Crippen molar-refractivity contribution in [2.75, 3.05) is 0 Å². The molecule has 1 aliphatic carbocycles. The zero-order chi connectivity index (χ0) is 11.0. The molecule has 15 heavy (non-hydrogen) atoms. The number of hydrogen-bond donors (Lipinski definition) is 0. The topological polar surface area (TPSA) is 68.3 Å². The lowest BCUT2D eigenvalue weighted by Crippen LogP contribution is -2.35. The van der Waals surface area contributed by atoms with Crippen molar-refractivity contribution in [2.24, 2.45) is 0 Å². The fourth-order valence-corrected chi connectivity index (χ4v) is 3.05. The second-order valence-electron chi connectivity index (χ2n) is 2.85. The number of carbonyl (C=O) groups is 4. The first kappa shape index (κ1) is 10.4. The Hall–Kier alpha value is -1.14. The van der Waals surface area contributed by atoms with Crippen molar-refractivity contribution in [1.29, 1.82) is 0 Å². The van der Waals surface area contributed by atoms with Gasteiger partial charge in [-0.2, -0.15) is 0 Å². The summed E-state index contributed by atoms with van der Waals surface area (Å²) in [6.45, 7) is 0. The molecule has 0 spiro atoms. The Morgan fingerprint density at radius 3 is 1.80 bits per heavy atom. The Balaban J connectivity index is 2.48. The zero-order valence-corrected chi connectivity index (χ0v) is 8.94. The van der Waals surface area contributed by atoms with Crippen molar-refractivity contribution in [1.82, 2.24) is 0 Å². The normalized spacial score (nSPS) is 21.9. The summed E-state index contributed by atoms with van der Waals surface area (Å²) < 4.78 is 0.423. The van der Waals surface area contributed by atoms with Crippen LogP contribution in [0.15, 0.2) is 20.6 Å². The van der Waals surface area contributed by atoms with Crippen LogP contribution in [0.4, 0.5) is 0 Å². The zero-order valence-electron chi connectivity index (χ0n) is 7.31. The second kappa shape index (κ2) is 3.79. The molecule has 0 aromatic rings. The number of hydrogen-bond acceptors (Lipinski definition) is 6. The third kappa shape index (κ3) is 1.70. The van der Waals surface area contributed by atoms with Gasteiger partial charge in [-0.15, -0.1) is 0 Å². The van der Waals surface area contributed by atoms with Gasteiger partial charge in [0, 0.05) is 0 Å². The van der Waals surface area contributed by atoms with Gasteiger partial charge in [0.2, 0.25) is 23.1 Å². The van der Waals surface area contributed by atoms with Gasteiger partial charge in [-0.05, 0) is 10.8 Å². The van der Waals surface area contributed by atoms with E-state index in [0.29, 0.717) is 4.24 Å². The molecule has 76 valence electrons. The molecule has 1 heterocycles. The van der Waals surface area contributed by atoms with E-state index in [4.69, 9.17) is 0 Å². The van der Waals surface area contributed by atoms with Gasteiger partial charge in [0.1, 0.15) is 0 Å². The molecule has 0 saturated heterocycles. The highest BCUT2D eigenvalue weighted by Crippen LogP contribution is 2.41. The van der Waals surface area contributed by atoms with Crippen LogP contribution in [0.5, 0.6) is 0 Å². The lowest BCUT2D eigenvalue weighted by Gasteiger charge is -2.11. The number of Topliss-reactive ketones (excluding diaryl/α,β-unsaturated/α-hetero) is 4. The van der Waals surface area contributed by atoms with Gasteiger partial charge in [0.05, 0.1) is 16.2 Å². The second-order valence-corrected chi connectivity index (χ2v) is 4.94. The van der Waals surface area contributed by atoms with E-state index < -0.39 is 29.6 Å². The molecule has 2 aliphatic rings. The predicted molar refractivity (Wildman–Crippen MR) is 56.0 cm³/mol. The Kier molecular flexibility index (Phi) is 2.62. The fourth-order valence-electron chi connectivity index (χ4n) is 1.20. The molecule has 1 fully saturated rings. The van der Waals surface area contributed by atoms with Gasteiger partial charge in [-0.25, -0.2) is 0 Å². The molecular weight excluding hydrogens is 236 g/mol. The molecule has 6 heteroatoms. The Morgan fingerprint density at radius 2 is 1.33 bits per heavy atom. The largest absolute Gasteiger partial charge is 0.290 e. The summed E-state index contributed by atoms with van der Waals surface area (Å²) in [5, 5.41) is 3.38. The van der Waals surface area contributed by atoms with E-state index in [1.165, 1.54) is 23.5 Å². The molecule has 0 amide bonds. The predicted octanol–water partition coefficient (Wildman–Crippen LogP) is 0.829. The maximum absolute atomic E-state index is 11.4. The number of allylic oxidation sites excluding steroid dienone is 1. The molecular formula is C9H4O4S2. The van der Waals surface area contributed by atoms with Crippen LogP contribution in [0.2, 0.25) is 0 Å². The minimum Gasteiger partial charge on any atom is -0.290 e. The molecule has 2 rings (SSSR count). The van der Waals surface area contributed by atoms with Crippen molar-refractivity contribution >= 4 is 46.7 Å². The lowest BCUT2D eigenvalue weighted by molar-refractivity contribution is -0.144. The smallest absolute Gasteiger partial charge is 0.234 e. The van der Waals surface area contributed by atoms with E-state index in [2.05, 4.69) is 0 Å². The molecule has 0 aromatic carbocycles. The lowest BCUT2D eigenvalue weighted by atomic mass is 9.91. The van der Waals surface area contributed by atoms with E-state index in [-0.39, 0.29) is 5.57 Å². The third-order valence-electron chi connectivity index (χ3n) is 1.89. The highest BCUT2D eigenvalue weighted by atomic mass is 32.2. The maximum atomic E-state index is 11.4. The van der Waals surface area contributed by atoms with Crippen molar-refractivity contribution in [3.05, 3.63) is 20.6 Å². The average Bonchev–Trinajstić information content (AvgIpc) is 2.69. The Morgan fingerprint density at radius 1 is 0.867 bits per heavy atom. The minimum atomic E-state index is -0.835. The number of rotatable bonds is 0. The highest BCUT2D eigenvalue weighted by Gasteiger charge is 2.39. The van der Waals surface area contributed by atoms with Gasteiger partial charge in [0.15, 0.2) is 0 Å². The van der Waals surface area contributed by atoms with Gasteiger partial charge in [0.25, 0.3) is 0 Å². The molecule has 4 nitrogen and oxygen atoms in total. The number of ketones is 4. The van der Waals surface area contributed by atoms with Crippen LogP contribution in [-0.2, 0) is 19.2 Å². The van der Waals surface area contributed by atoms with E-state index >= 15 is 0 Å². The SMILES string of the molecule is O=C1CC(=O)C(=O)C(=C2SC=CS2)C1=O. The molecule has 0 radical (unpaired) electrons. The van der Waals surface area contributed by atoms with E-state index in [0.717, 1.165) is 0 Å².